The molecule has 1 N–H and O–H groups in total. The van der Waals surface area contributed by atoms with Gasteiger partial charge in [0.05, 0.1) is 0 Å². The number of carbonyl (C=O) groups excluding carboxylic acids is 1. The Bertz CT molecular complexity index is 206. The van der Waals surface area contributed by atoms with E-state index < -0.39 is 0 Å². The first-order valence-electron chi connectivity index (χ1n) is 4.95. The van der Waals surface area contributed by atoms with Crippen LogP contribution in [0.4, 0.5) is 0 Å². The van der Waals surface area contributed by atoms with E-state index in [2.05, 4.69) is 18.8 Å². The van der Waals surface area contributed by atoms with Gasteiger partial charge in [-0.05, 0) is 18.9 Å². The van der Waals surface area contributed by atoms with E-state index >= 15 is 0 Å². The molecule has 1 fully saturated rings. The molecule has 2 unspecified atom stereocenters. The zero-order valence-electron chi connectivity index (χ0n) is 8.49. The molecule has 80 valence electrons. The number of hydrogen-bond donors (Lipinski definition) is 1. The lowest BCUT2D eigenvalue weighted by Crippen LogP contribution is -2.23. The molecule has 0 aromatic rings. The summed E-state index contributed by atoms with van der Waals surface area (Å²) >= 11 is 0. The number of carbonyl (C=O) groups is 1. The van der Waals surface area contributed by atoms with Crippen molar-refractivity contribution in [2.75, 3.05) is 13.2 Å². The van der Waals surface area contributed by atoms with Crippen LogP contribution in [0.5, 0.6) is 0 Å². The summed E-state index contributed by atoms with van der Waals surface area (Å²) in [6.45, 7) is 6.77. The summed E-state index contributed by atoms with van der Waals surface area (Å²) in [5.41, 5.74) is 0. The molecule has 0 spiro atoms. The fourth-order valence-corrected chi connectivity index (χ4v) is 1.12. The second-order valence-corrected chi connectivity index (χ2v) is 3.20. The van der Waals surface area contributed by atoms with Gasteiger partial charge in [0.25, 0.3) is 0 Å². The van der Waals surface area contributed by atoms with Crippen LogP contribution in [0.2, 0.25) is 0 Å². The van der Waals surface area contributed by atoms with Crippen LogP contribution in [0.25, 0.3) is 0 Å². The Morgan fingerprint density at radius 2 is 2.50 bits per heavy atom. The SMILES string of the molecule is C=CC(=O)NCCC1OC1OCCC. The summed E-state index contributed by atoms with van der Waals surface area (Å²) < 4.78 is 10.6. The van der Waals surface area contributed by atoms with Crippen LogP contribution in [-0.2, 0) is 14.3 Å². The van der Waals surface area contributed by atoms with E-state index in [0.29, 0.717) is 6.54 Å². The molecule has 1 aliphatic rings. The number of rotatable bonds is 7. The smallest absolute Gasteiger partial charge is 0.243 e. The molecule has 0 aromatic carbocycles. The van der Waals surface area contributed by atoms with Gasteiger partial charge in [-0.2, -0.15) is 0 Å². The standard InChI is InChI=1S/C10H17NO3/c1-3-7-13-10-8(14-10)5-6-11-9(12)4-2/h4,8,10H,2-3,5-7H2,1H3,(H,11,12). The maximum Gasteiger partial charge on any atom is 0.243 e. The number of nitrogens with one attached hydrogen (secondary N) is 1. The third kappa shape index (κ3) is 3.89. The molecule has 0 saturated carbocycles. The highest BCUT2D eigenvalue weighted by atomic mass is 16.8. The van der Waals surface area contributed by atoms with Crippen molar-refractivity contribution in [2.24, 2.45) is 0 Å². The third-order valence-electron chi connectivity index (χ3n) is 1.94. The summed E-state index contributed by atoms with van der Waals surface area (Å²) in [5.74, 6) is -0.142. The van der Waals surface area contributed by atoms with Crippen molar-refractivity contribution in [3.63, 3.8) is 0 Å². The average molecular weight is 199 g/mol. The summed E-state index contributed by atoms with van der Waals surface area (Å²) in [7, 11) is 0. The van der Waals surface area contributed by atoms with Crippen LogP contribution in [-0.4, -0.2) is 31.5 Å². The quantitative estimate of drug-likeness (QED) is 0.488. The molecule has 1 amide bonds. The van der Waals surface area contributed by atoms with Crippen molar-refractivity contribution in [3.8, 4) is 0 Å². The Labute approximate surface area is 84.3 Å². The molecule has 1 saturated heterocycles. The fourth-order valence-electron chi connectivity index (χ4n) is 1.12. The second-order valence-electron chi connectivity index (χ2n) is 3.20. The number of amides is 1. The molecule has 4 heteroatoms. The minimum Gasteiger partial charge on any atom is -0.352 e. The molecular weight excluding hydrogens is 182 g/mol. The van der Waals surface area contributed by atoms with Crippen molar-refractivity contribution in [1.29, 1.82) is 0 Å². The second kappa shape index (κ2) is 5.78. The Morgan fingerprint density at radius 3 is 3.14 bits per heavy atom. The molecule has 4 nitrogen and oxygen atoms in total. The van der Waals surface area contributed by atoms with Gasteiger partial charge < -0.3 is 14.8 Å². The van der Waals surface area contributed by atoms with Gasteiger partial charge in [-0.15, -0.1) is 0 Å². The van der Waals surface area contributed by atoms with E-state index in [-0.39, 0.29) is 18.3 Å². The topological polar surface area (TPSA) is 50.9 Å². The van der Waals surface area contributed by atoms with Crippen molar-refractivity contribution in [2.45, 2.75) is 32.2 Å². The highest BCUT2D eigenvalue weighted by Crippen LogP contribution is 2.25. The Morgan fingerprint density at radius 1 is 1.71 bits per heavy atom. The molecule has 0 aromatic heterocycles. The van der Waals surface area contributed by atoms with Crippen LogP contribution in [0, 0.1) is 0 Å². The number of epoxide rings is 1. The van der Waals surface area contributed by atoms with Crippen LogP contribution < -0.4 is 5.32 Å². The molecule has 1 aliphatic heterocycles. The largest absolute Gasteiger partial charge is 0.352 e. The summed E-state index contributed by atoms with van der Waals surface area (Å²) in [4.78, 5) is 10.8. The van der Waals surface area contributed by atoms with E-state index in [1.165, 1.54) is 6.08 Å². The first-order chi connectivity index (χ1) is 6.77. The zero-order valence-corrected chi connectivity index (χ0v) is 8.49. The van der Waals surface area contributed by atoms with Gasteiger partial charge in [0.2, 0.25) is 5.91 Å². The minimum absolute atomic E-state index is 0.0458. The Hall–Kier alpha value is -0.870. The molecule has 1 rings (SSSR count). The summed E-state index contributed by atoms with van der Waals surface area (Å²) in [6.07, 6.45) is 3.18. The highest BCUT2D eigenvalue weighted by Gasteiger charge is 2.39. The Kier molecular flexibility index (Phi) is 4.62. The van der Waals surface area contributed by atoms with Crippen LogP contribution >= 0.6 is 0 Å². The first kappa shape index (κ1) is 11.2. The molecule has 2 atom stereocenters. The van der Waals surface area contributed by atoms with Crippen LogP contribution in [0.1, 0.15) is 19.8 Å². The molecule has 0 bridgehead atoms. The van der Waals surface area contributed by atoms with Gasteiger partial charge in [-0.3, -0.25) is 4.79 Å². The van der Waals surface area contributed by atoms with E-state index in [0.717, 1.165) is 19.4 Å². The lowest BCUT2D eigenvalue weighted by atomic mass is 10.3. The van der Waals surface area contributed by atoms with E-state index in [1.807, 2.05) is 0 Å². The zero-order chi connectivity index (χ0) is 10.4. The molecule has 14 heavy (non-hydrogen) atoms. The number of ether oxygens (including phenoxy) is 2. The molecule has 0 aliphatic carbocycles. The highest BCUT2D eigenvalue weighted by molar-refractivity contribution is 5.86. The molecule has 1 heterocycles. The van der Waals surface area contributed by atoms with Crippen molar-refractivity contribution < 1.29 is 14.3 Å². The first-order valence-corrected chi connectivity index (χ1v) is 4.95. The third-order valence-corrected chi connectivity index (χ3v) is 1.94. The van der Waals surface area contributed by atoms with E-state index in [4.69, 9.17) is 9.47 Å². The predicted octanol–water partition coefficient (Wildman–Crippen LogP) is 0.830. The average Bonchev–Trinajstić information content (AvgIpc) is 2.93. The fraction of sp³-hybridized carbons (Fsp3) is 0.700. The van der Waals surface area contributed by atoms with Gasteiger partial charge in [0, 0.05) is 13.2 Å². The van der Waals surface area contributed by atoms with Crippen molar-refractivity contribution in [1.82, 2.24) is 5.32 Å². The van der Waals surface area contributed by atoms with Crippen molar-refractivity contribution in [3.05, 3.63) is 12.7 Å². The van der Waals surface area contributed by atoms with Gasteiger partial charge in [0.1, 0.15) is 6.10 Å². The van der Waals surface area contributed by atoms with E-state index in [1.54, 1.807) is 0 Å². The van der Waals surface area contributed by atoms with Gasteiger partial charge >= 0.3 is 0 Å². The lowest BCUT2D eigenvalue weighted by Gasteiger charge is -1.99. The normalized spacial score (nSPS) is 24.4. The van der Waals surface area contributed by atoms with E-state index in [9.17, 15) is 4.79 Å². The van der Waals surface area contributed by atoms with Gasteiger partial charge in [0.15, 0.2) is 6.29 Å². The van der Waals surface area contributed by atoms with Gasteiger partial charge in [-0.25, -0.2) is 0 Å². The maximum absolute atomic E-state index is 10.8. The lowest BCUT2D eigenvalue weighted by molar-refractivity contribution is -0.116. The predicted molar refractivity (Wildman–Crippen MR) is 52.7 cm³/mol. The summed E-state index contributed by atoms with van der Waals surface area (Å²) in [5, 5.41) is 2.69. The van der Waals surface area contributed by atoms with Crippen LogP contribution in [0.3, 0.4) is 0 Å². The van der Waals surface area contributed by atoms with Crippen LogP contribution in [0.15, 0.2) is 12.7 Å². The summed E-state index contributed by atoms with van der Waals surface area (Å²) in [6, 6.07) is 0. The van der Waals surface area contributed by atoms with Gasteiger partial charge in [-0.1, -0.05) is 13.5 Å². The molecule has 0 radical (unpaired) electrons. The number of hydrogen-bond acceptors (Lipinski definition) is 3. The minimum atomic E-state index is -0.142. The Balaban J connectivity index is 1.95. The monoisotopic (exact) mass is 199 g/mol. The van der Waals surface area contributed by atoms with Crippen molar-refractivity contribution >= 4 is 5.91 Å². The molecular formula is C10H17NO3. The maximum atomic E-state index is 10.8.